The van der Waals surface area contributed by atoms with Crippen LogP contribution in [0.5, 0.6) is 11.5 Å². The zero-order valence-electron chi connectivity index (χ0n) is 19.8. The van der Waals surface area contributed by atoms with E-state index in [9.17, 15) is 4.79 Å². The lowest BCUT2D eigenvalue weighted by molar-refractivity contribution is 0.0947. The Hall–Kier alpha value is -4.39. The van der Waals surface area contributed by atoms with Crippen molar-refractivity contribution in [2.45, 2.75) is 6.54 Å². The van der Waals surface area contributed by atoms with Gasteiger partial charge in [0, 0.05) is 25.4 Å². The Morgan fingerprint density at radius 2 is 1.60 bits per heavy atom. The van der Waals surface area contributed by atoms with Gasteiger partial charge in [-0.25, -0.2) is 9.97 Å². The number of carbonyl (C=O) groups is 1. The second-order valence-corrected chi connectivity index (χ2v) is 7.92. The van der Waals surface area contributed by atoms with Gasteiger partial charge in [-0.1, -0.05) is 48.5 Å². The van der Waals surface area contributed by atoms with Crippen molar-refractivity contribution in [2.24, 2.45) is 0 Å². The van der Waals surface area contributed by atoms with Crippen LogP contribution < -0.4 is 19.7 Å². The van der Waals surface area contributed by atoms with E-state index in [4.69, 9.17) is 14.5 Å². The molecule has 0 unspecified atom stereocenters. The molecule has 1 heterocycles. The first kappa shape index (κ1) is 23.8. The van der Waals surface area contributed by atoms with E-state index in [1.807, 2.05) is 84.7 Å². The highest BCUT2D eigenvalue weighted by molar-refractivity contribution is 5.99. The number of aromatic nitrogens is 2. The quantitative estimate of drug-likeness (QED) is 0.343. The predicted molar refractivity (Wildman–Crippen MR) is 137 cm³/mol. The number of nitrogens with zero attached hydrogens (tertiary/aromatic N) is 3. The van der Waals surface area contributed by atoms with Gasteiger partial charge in [-0.3, -0.25) is 4.79 Å². The van der Waals surface area contributed by atoms with Crippen LogP contribution in [0.1, 0.15) is 15.9 Å². The number of ether oxygens (including phenoxy) is 2. The van der Waals surface area contributed by atoms with Gasteiger partial charge in [-0.15, -0.1) is 0 Å². The number of rotatable bonds is 10. The van der Waals surface area contributed by atoms with Crippen LogP contribution in [0.15, 0.2) is 91.1 Å². The molecule has 0 radical (unpaired) electrons. The van der Waals surface area contributed by atoms with Gasteiger partial charge in [0.2, 0.25) is 5.95 Å². The minimum atomic E-state index is -0.259. The second kappa shape index (κ2) is 11.7. The smallest absolute Gasteiger partial charge is 0.255 e. The standard InChI is InChI=1S/C28H28N4O3/c1-32(20-21-9-5-3-6-10-21)28-30-19-25(26(31-28)22-13-15-23(34-2)16-14-22)27(33)29-17-18-35-24-11-7-4-8-12-24/h3-16,19H,17-18,20H2,1-2H3,(H,29,33). The average Bonchev–Trinajstić information content (AvgIpc) is 2.92. The molecule has 0 bridgehead atoms. The zero-order valence-corrected chi connectivity index (χ0v) is 19.8. The van der Waals surface area contributed by atoms with Crippen LogP contribution in [0.4, 0.5) is 5.95 Å². The minimum Gasteiger partial charge on any atom is -0.497 e. The maximum absolute atomic E-state index is 13.1. The molecular formula is C28H28N4O3. The molecule has 1 N–H and O–H groups in total. The molecular weight excluding hydrogens is 440 g/mol. The number of benzene rings is 3. The highest BCUT2D eigenvalue weighted by Crippen LogP contribution is 2.26. The van der Waals surface area contributed by atoms with Crippen LogP contribution in [0.25, 0.3) is 11.3 Å². The number of methoxy groups -OCH3 is 1. The fraction of sp³-hybridized carbons (Fsp3) is 0.179. The van der Waals surface area contributed by atoms with E-state index in [2.05, 4.69) is 22.4 Å². The van der Waals surface area contributed by atoms with Crippen LogP contribution in [-0.2, 0) is 6.54 Å². The molecule has 7 heteroatoms. The predicted octanol–water partition coefficient (Wildman–Crippen LogP) is 4.60. The summed E-state index contributed by atoms with van der Waals surface area (Å²) in [6.45, 7) is 1.35. The van der Waals surface area contributed by atoms with Gasteiger partial charge >= 0.3 is 0 Å². The summed E-state index contributed by atoms with van der Waals surface area (Å²) in [5, 5.41) is 2.91. The summed E-state index contributed by atoms with van der Waals surface area (Å²) in [4.78, 5) is 24.3. The molecule has 0 aliphatic rings. The lowest BCUT2D eigenvalue weighted by atomic mass is 10.1. The Balaban J connectivity index is 1.53. The molecule has 1 amide bonds. The number of hydrogen-bond donors (Lipinski definition) is 1. The van der Waals surface area contributed by atoms with Gasteiger partial charge in [0.05, 0.1) is 24.9 Å². The summed E-state index contributed by atoms with van der Waals surface area (Å²) in [6, 6.07) is 27.1. The maximum Gasteiger partial charge on any atom is 0.255 e. The topological polar surface area (TPSA) is 76.6 Å². The molecule has 0 spiro atoms. The molecule has 1 aromatic heterocycles. The third kappa shape index (κ3) is 6.35. The first-order chi connectivity index (χ1) is 17.1. The second-order valence-electron chi connectivity index (χ2n) is 7.92. The van der Waals surface area contributed by atoms with Crippen LogP contribution in [0, 0.1) is 0 Å². The molecule has 35 heavy (non-hydrogen) atoms. The normalized spacial score (nSPS) is 10.5. The Morgan fingerprint density at radius 1 is 0.914 bits per heavy atom. The monoisotopic (exact) mass is 468 g/mol. The molecule has 0 aliphatic carbocycles. The maximum atomic E-state index is 13.1. The van der Waals surface area contributed by atoms with Gasteiger partial charge in [-0.05, 0) is 42.0 Å². The van der Waals surface area contributed by atoms with Gasteiger partial charge in [0.25, 0.3) is 5.91 Å². The highest BCUT2D eigenvalue weighted by Gasteiger charge is 2.18. The van der Waals surface area contributed by atoms with E-state index in [-0.39, 0.29) is 5.91 Å². The summed E-state index contributed by atoms with van der Waals surface area (Å²) in [7, 11) is 3.55. The molecule has 0 atom stereocenters. The fourth-order valence-corrected chi connectivity index (χ4v) is 3.56. The largest absolute Gasteiger partial charge is 0.497 e. The van der Waals surface area contributed by atoms with Gasteiger partial charge in [-0.2, -0.15) is 0 Å². The summed E-state index contributed by atoms with van der Waals surface area (Å²) in [5.41, 5.74) is 2.89. The van der Waals surface area contributed by atoms with Crippen molar-refractivity contribution in [3.63, 3.8) is 0 Å². The van der Waals surface area contributed by atoms with Crippen LogP contribution in [0.2, 0.25) is 0 Å². The first-order valence-corrected chi connectivity index (χ1v) is 11.4. The van der Waals surface area contributed by atoms with Crippen molar-refractivity contribution in [1.82, 2.24) is 15.3 Å². The van der Waals surface area contributed by atoms with Gasteiger partial charge in [0.15, 0.2) is 0 Å². The average molecular weight is 469 g/mol. The zero-order chi connectivity index (χ0) is 24.5. The number of nitrogens with one attached hydrogen (secondary N) is 1. The molecule has 0 fully saturated rings. The van der Waals surface area contributed by atoms with Gasteiger partial charge < -0.3 is 19.7 Å². The molecule has 3 aromatic carbocycles. The van der Waals surface area contributed by atoms with E-state index in [0.29, 0.717) is 36.9 Å². The summed E-state index contributed by atoms with van der Waals surface area (Å²) >= 11 is 0. The molecule has 4 rings (SSSR count). The van der Waals surface area contributed by atoms with E-state index < -0.39 is 0 Å². The molecule has 178 valence electrons. The van der Waals surface area contributed by atoms with Gasteiger partial charge in [0.1, 0.15) is 18.1 Å². The Bertz CT molecular complexity index is 1230. The van der Waals surface area contributed by atoms with Crippen LogP contribution >= 0.6 is 0 Å². The van der Waals surface area contributed by atoms with Crippen molar-refractivity contribution in [2.75, 3.05) is 32.2 Å². The summed E-state index contributed by atoms with van der Waals surface area (Å²) in [5.74, 6) is 1.76. The van der Waals surface area contributed by atoms with Crippen molar-refractivity contribution in [3.05, 3.63) is 102 Å². The van der Waals surface area contributed by atoms with Crippen molar-refractivity contribution in [3.8, 4) is 22.8 Å². The van der Waals surface area contributed by atoms with E-state index in [1.54, 1.807) is 13.3 Å². The van der Waals surface area contributed by atoms with Crippen molar-refractivity contribution < 1.29 is 14.3 Å². The highest BCUT2D eigenvalue weighted by atomic mass is 16.5. The number of hydrogen-bond acceptors (Lipinski definition) is 6. The molecule has 4 aromatic rings. The number of amides is 1. The number of para-hydroxylation sites is 1. The Morgan fingerprint density at radius 3 is 2.29 bits per heavy atom. The Labute approximate surface area is 205 Å². The SMILES string of the molecule is COc1ccc(-c2nc(N(C)Cc3ccccc3)ncc2C(=O)NCCOc2ccccc2)cc1. The van der Waals surface area contributed by atoms with E-state index in [1.165, 1.54) is 0 Å². The first-order valence-electron chi connectivity index (χ1n) is 11.4. The van der Waals surface area contributed by atoms with Crippen LogP contribution in [-0.4, -0.2) is 43.2 Å². The Kier molecular flexibility index (Phi) is 7.91. The third-order valence-corrected chi connectivity index (χ3v) is 5.39. The van der Waals surface area contributed by atoms with E-state index in [0.717, 1.165) is 22.6 Å². The minimum absolute atomic E-state index is 0.259. The molecule has 0 saturated heterocycles. The third-order valence-electron chi connectivity index (χ3n) is 5.39. The van der Waals surface area contributed by atoms with Crippen LogP contribution in [0.3, 0.4) is 0 Å². The lowest BCUT2D eigenvalue weighted by Gasteiger charge is -2.19. The number of anilines is 1. The molecule has 0 saturated carbocycles. The lowest BCUT2D eigenvalue weighted by Crippen LogP contribution is -2.29. The van der Waals surface area contributed by atoms with Crippen molar-refractivity contribution in [1.29, 1.82) is 0 Å². The summed E-state index contributed by atoms with van der Waals surface area (Å²) in [6.07, 6.45) is 1.58. The molecule has 7 nitrogen and oxygen atoms in total. The van der Waals surface area contributed by atoms with E-state index >= 15 is 0 Å². The molecule has 0 aliphatic heterocycles. The number of carbonyl (C=O) groups excluding carboxylic acids is 1. The van der Waals surface area contributed by atoms with Crippen molar-refractivity contribution >= 4 is 11.9 Å². The fourth-order valence-electron chi connectivity index (χ4n) is 3.56. The summed E-state index contributed by atoms with van der Waals surface area (Å²) < 4.78 is 11.0.